The first-order chi connectivity index (χ1) is 14.2. The number of nitrogens with one attached hydrogen (secondary N) is 1. The van der Waals surface area contributed by atoms with E-state index in [0.29, 0.717) is 35.2 Å². The largest absolute Gasteiger partial charge is 0.298 e. The van der Waals surface area contributed by atoms with Crippen LogP contribution in [0.5, 0.6) is 0 Å². The smallest absolute Gasteiger partial charge is 0.272 e. The molecule has 3 heterocycles. The third kappa shape index (κ3) is 3.02. The zero-order chi connectivity index (χ0) is 19.8. The van der Waals surface area contributed by atoms with E-state index in [1.54, 1.807) is 23.2 Å². The SMILES string of the molecule is O=c1c2ccccc2ncn1CCc1cc(=O)n2[nH]cc(-c3ccccc3)c2n1. The topological polar surface area (TPSA) is 85.0 Å². The van der Waals surface area contributed by atoms with Crippen LogP contribution in [0.2, 0.25) is 0 Å². The number of nitrogens with zero attached hydrogens (tertiary/aromatic N) is 4. The molecule has 0 spiro atoms. The summed E-state index contributed by atoms with van der Waals surface area (Å²) >= 11 is 0. The molecular formula is C22H17N5O2. The second kappa shape index (κ2) is 6.87. The molecule has 0 unspecified atom stereocenters. The minimum absolute atomic E-state index is 0.0972. The van der Waals surface area contributed by atoms with Gasteiger partial charge in [-0.1, -0.05) is 42.5 Å². The Morgan fingerprint density at radius 1 is 0.966 bits per heavy atom. The van der Waals surface area contributed by atoms with Crippen LogP contribution in [-0.2, 0) is 13.0 Å². The lowest BCUT2D eigenvalue weighted by molar-refractivity contribution is 0.652. The number of H-pyrrole nitrogens is 1. The maximum Gasteiger partial charge on any atom is 0.272 e. The number of hydrogen-bond acceptors (Lipinski definition) is 4. The fraction of sp³-hybridized carbons (Fsp3) is 0.0909. The van der Waals surface area contributed by atoms with Crippen molar-refractivity contribution in [2.24, 2.45) is 0 Å². The van der Waals surface area contributed by atoms with E-state index in [9.17, 15) is 9.59 Å². The van der Waals surface area contributed by atoms with E-state index in [1.807, 2.05) is 48.5 Å². The van der Waals surface area contributed by atoms with Crippen LogP contribution in [0, 0.1) is 0 Å². The summed E-state index contributed by atoms with van der Waals surface area (Å²) in [6.07, 6.45) is 3.77. The maximum atomic E-state index is 12.7. The molecule has 0 aliphatic heterocycles. The lowest BCUT2D eigenvalue weighted by Crippen LogP contribution is -2.22. The Bertz CT molecular complexity index is 1450. The Morgan fingerprint density at radius 2 is 1.76 bits per heavy atom. The molecule has 5 aromatic rings. The average Bonchev–Trinajstić information content (AvgIpc) is 3.19. The van der Waals surface area contributed by atoms with E-state index in [0.717, 1.165) is 11.1 Å². The van der Waals surface area contributed by atoms with Gasteiger partial charge in [0.25, 0.3) is 11.1 Å². The Balaban J connectivity index is 1.51. The normalized spacial score (nSPS) is 11.3. The first-order valence-corrected chi connectivity index (χ1v) is 9.30. The molecule has 7 nitrogen and oxygen atoms in total. The number of aromatic amines is 1. The predicted molar refractivity (Wildman–Crippen MR) is 111 cm³/mol. The van der Waals surface area contributed by atoms with E-state index in [4.69, 9.17) is 0 Å². The van der Waals surface area contributed by atoms with E-state index in [-0.39, 0.29) is 11.1 Å². The number of hydrogen-bond donors (Lipinski definition) is 1. The molecule has 0 radical (unpaired) electrons. The number of fused-ring (bicyclic) bond motifs is 2. The molecule has 142 valence electrons. The Hall–Kier alpha value is -4.00. The fourth-order valence-electron chi connectivity index (χ4n) is 3.49. The summed E-state index contributed by atoms with van der Waals surface area (Å²) in [5, 5.41) is 3.54. The number of aryl methyl sites for hydroxylation is 2. The van der Waals surface area contributed by atoms with Crippen molar-refractivity contribution in [3.8, 4) is 11.1 Å². The van der Waals surface area contributed by atoms with Gasteiger partial charge < -0.3 is 0 Å². The quantitative estimate of drug-likeness (QED) is 0.517. The molecule has 0 bridgehead atoms. The monoisotopic (exact) mass is 383 g/mol. The maximum absolute atomic E-state index is 12.7. The third-order valence-electron chi connectivity index (χ3n) is 4.98. The molecule has 7 heteroatoms. The number of rotatable bonds is 4. The highest BCUT2D eigenvalue weighted by molar-refractivity contribution is 5.77. The van der Waals surface area contributed by atoms with Gasteiger partial charge in [-0.05, 0) is 17.7 Å². The summed E-state index contributed by atoms with van der Waals surface area (Å²) < 4.78 is 2.98. The molecule has 0 aliphatic rings. The van der Waals surface area contributed by atoms with Gasteiger partial charge >= 0.3 is 0 Å². The molecule has 29 heavy (non-hydrogen) atoms. The standard InChI is InChI=1S/C22H17N5O2/c28-20-12-16(10-11-26-14-23-19-9-5-4-8-17(19)22(26)29)25-21-18(13-24-27(20)21)15-6-2-1-3-7-15/h1-9,12-14,24H,10-11H2. The zero-order valence-corrected chi connectivity index (χ0v) is 15.4. The van der Waals surface area contributed by atoms with Gasteiger partial charge in [-0.25, -0.2) is 14.5 Å². The van der Waals surface area contributed by atoms with Crippen LogP contribution in [0.3, 0.4) is 0 Å². The fourth-order valence-corrected chi connectivity index (χ4v) is 3.49. The molecule has 0 saturated heterocycles. The van der Waals surface area contributed by atoms with E-state index < -0.39 is 0 Å². The Labute approximate surface area is 164 Å². The lowest BCUT2D eigenvalue weighted by atomic mass is 10.1. The Kier molecular flexibility index (Phi) is 4.05. The van der Waals surface area contributed by atoms with E-state index >= 15 is 0 Å². The summed E-state index contributed by atoms with van der Waals surface area (Å²) in [4.78, 5) is 34.2. The van der Waals surface area contributed by atoms with Crippen LogP contribution < -0.4 is 11.1 Å². The van der Waals surface area contributed by atoms with Crippen molar-refractivity contribution in [2.45, 2.75) is 13.0 Å². The zero-order valence-electron chi connectivity index (χ0n) is 15.4. The van der Waals surface area contributed by atoms with Crippen LogP contribution in [0.1, 0.15) is 5.69 Å². The van der Waals surface area contributed by atoms with E-state index in [1.165, 1.54) is 10.6 Å². The van der Waals surface area contributed by atoms with Crippen molar-refractivity contribution in [1.82, 2.24) is 24.1 Å². The van der Waals surface area contributed by atoms with Gasteiger partial charge in [0.15, 0.2) is 5.65 Å². The highest BCUT2D eigenvalue weighted by atomic mass is 16.1. The number of aromatic nitrogens is 5. The molecule has 0 saturated carbocycles. The minimum Gasteiger partial charge on any atom is -0.298 e. The number of para-hydroxylation sites is 1. The highest BCUT2D eigenvalue weighted by Gasteiger charge is 2.11. The van der Waals surface area contributed by atoms with Crippen LogP contribution in [0.25, 0.3) is 27.7 Å². The molecular weight excluding hydrogens is 366 g/mol. The first-order valence-electron chi connectivity index (χ1n) is 9.30. The average molecular weight is 383 g/mol. The molecule has 0 aliphatic carbocycles. The Morgan fingerprint density at radius 3 is 2.62 bits per heavy atom. The summed E-state index contributed by atoms with van der Waals surface area (Å²) in [5.74, 6) is 0. The second-order valence-corrected chi connectivity index (χ2v) is 6.81. The van der Waals surface area contributed by atoms with Gasteiger partial charge in [-0.3, -0.25) is 19.3 Å². The van der Waals surface area contributed by atoms with Gasteiger partial charge in [-0.2, -0.15) is 0 Å². The summed E-state index contributed by atoms with van der Waals surface area (Å²) in [6.45, 7) is 0.393. The van der Waals surface area contributed by atoms with Gasteiger partial charge in [-0.15, -0.1) is 0 Å². The third-order valence-corrected chi connectivity index (χ3v) is 4.98. The highest BCUT2D eigenvalue weighted by Crippen LogP contribution is 2.22. The van der Waals surface area contributed by atoms with Crippen LogP contribution in [0.15, 0.2) is 82.8 Å². The van der Waals surface area contributed by atoms with Crippen molar-refractivity contribution in [1.29, 1.82) is 0 Å². The summed E-state index contributed by atoms with van der Waals surface area (Å²) in [5.41, 5.74) is 3.43. The summed E-state index contributed by atoms with van der Waals surface area (Å²) in [7, 11) is 0. The predicted octanol–water partition coefficient (Wildman–Crippen LogP) is 2.64. The summed E-state index contributed by atoms with van der Waals surface area (Å²) in [6, 6.07) is 18.5. The minimum atomic E-state index is -0.184. The van der Waals surface area contributed by atoms with Crippen molar-refractivity contribution in [3.05, 3.63) is 99.6 Å². The van der Waals surface area contributed by atoms with Crippen molar-refractivity contribution >= 4 is 16.6 Å². The molecule has 5 rings (SSSR count). The molecule has 0 amide bonds. The number of benzene rings is 2. The first kappa shape index (κ1) is 17.1. The van der Waals surface area contributed by atoms with Crippen molar-refractivity contribution < 1.29 is 0 Å². The van der Waals surface area contributed by atoms with Gasteiger partial charge in [0.2, 0.25) is 0 Å². The van der Waals surface area contributed by atoms with Gasteiger partial charge in [0.05, 0.1) is 22.9 Å². The molecule has 3 aromatic heterocycles. The molecule has 0 fully saturated rings. The van der Waals surface area contributed by atoms with Crippen molar-refractivity contribution in [3.63, 3.8) is 0 Å². The lowest BCUT2D eigenvalue weighted by Gasteiger charge is -2.07. The van der Waals surface area contributed by atoms with E-state index in [2.05, 4.69) is 15.1 Å². The van der Waals surface area contributed by atoms with Crippen LogP contribution in [0.4, 0.5) is 0 Å². The van der Waals surface area contributed by atoms with Crippen LogP contribution >= 0.6 is 0 Å². The van der Waals surface area contributed by atoms with Crippen LogP contribution in [-0.4, -0.2) is 24.1 Å². The van der Waals surface area contributed by atoms with Gasteiger partial charge in [0, 0.05) is 30.8 Å². The second-order valence-electron chi connectivity index (χ2n) is 6.81. The van der Waals surface area contributed by atoms with Gasteiger partial charge in [0.1, 0.15) is 0 Å². The molecule has 1 N–H and O–H groups in total. The molecule has 0 atom stereocenters. The van der Waals surface area contributed by atoms with Crippen molar-refractivity contribution in [2.75, 3.05) is 0 Å². The molecule has 2 aromatic carbocycles.